The molecule has 1 aliphatic carbocycles. The van der Waals surface area contributed by atoms with Crippen LogP contribution < -0.4 is 0 Å². The quantitative estimate of drug-likeness (QED) is 0.670. The van der Waals surface area contributed by atoms with Crippen LogP contribution in [0.5, 0.6) is 0 Å². The zero-order valence-corrected chi connectivity index (χ0v) is 16.2. The van der Waals surface area contributed by atoms with Gasteiger partial charge in [-0.05, 0) is 36.3 Å². The summed E-state index contributed by atoms with van der Waals surface area (Å²) < 4.78 is 6.05. The van der Waals surface area contributed by atoms with E-state index in [-0.39, 0.29) is 11.0 Å². The Balaban J connectivity index is 1.67. The molecule has 0 aromatic heterocycles. The molecule has 4 rings (SSSR count). The first kappa shape index (κ1) is 17.5. The molecule has 0 bridgehead atoms. The van der Waals surface area contributed by atoms with Crippen LogP contribution in [0.4, 0.5) is 0 Å². The van der Waals surface area contributed by atoms with E-state index in [0.29, 0.717) is 13.0 Å². The van der Waals surface area contributed by atoms with Crippen LogP contribution in [0.3, 0.4) is 0 Å². The van der Waals surface area contributed by atoms with Gasteiger partial charge >= 0.3 is 0 Å². The SMILES string of the molecule is CCCOC1=CC(Sc2ccccc2)C(=O)C2=C1Sc1ccccc1C2. The van der Waals surface area contributed by atoms with Crippen molar-refractivity contribution in [1.82, 2.24) is 0 Å². The number of hydrogen-bond acceptors (Lipinski definition) is 4. The highest BCUT2D eigenvalue weighted by Crippen LogP contribution is 2.46. The van der Waals surface area contributed by atoms with E-state index in [1.165, 1.54) is 10.5 Å². The molecule has 2 nitrogen and oxygen atoms in total. The predicted molar refractivity (Wildman–Crippen MR) is 108 cm³/mol. The van der Waals surface area contributed by atoms with Gasteiger partial charge in [-0.2, -0.15) is 0 Å². The molecule has 0 amide bonds. The van der Waals surface area contributed by atoms with Crippen LogP contribution >= 0.6 is 23.5 Å². The fraction of sp³-hybridized carbons (Fsp3) is 0.227. The maximum atomic E-state index is 13.2. The number of ether oxygens (including phenoxy) is 1. The molecule has 1 atom stereocenters. The lowest BCUT2D eigenvalue weighted by molar-refractivity contribution is -0.114. The standard InChI is InChI=1S/C22H20O2S2/c1-2-12-24-18-14-20(25-16-9-4-3-5-10-16)21(23)17-13-15-8-6-7-11-19(15)26-22(17)18/h3-11,14,20H,2,12-13H2,1H3. The van der Waals surface area contributed by atoms with Gasteiger partial charge in [0.25, 0.3) is 0 Å². The Morgan fingerprint density at radius 3 is 2.69 bits per heavy atom. The van der Waals surface area contributed by atoms with Gasteiger partial charge in [-0.1, -0.05) is 55.1 Å². The molecule has 132 valence electrons. The molecule has 0 spiro atoms. The molecule has 4 heteroatoms. The Morgan fingerprint density at radius 2 is 1.88 bits per heavy atom. The number of ketones is 1. The van der Waals surface area contributed by atoms with Crippen molar-refractivity contribution in [2.45, 2.75) is 34.8 Å². The minimum absolute atomic E-state index is 0.208. The van der Waals surface area contributed by atoms with Crippen LogP contribution in [0.2, 0.25) is 0 Å². The largest absolute Gasteiger partial charge is 0.493 e. The van der Waals surface area contributed by atoms with Gasteiger partial charge < -0.3 is 4.74 Å². The summed E-state index contributed by atoms with van der Waals surface area (Å²) in [6, 6.07) is 18.4. The Bertz CT molecular complexity index is 884. The minimum atomic E-state index is -0.228. The molecular weight excluding hydrogens is 360 g/mol. The summed E-state index contributed by atoms with van der Waals surface area (Å²) in [5, 5.41) is -0.228. The summed E-state index contributed by atoms with van der Waals surface area (Å²) in [5.41, 5.74) is 2.13. The Morgan fingerprint density at radius 1 is 1.12 bits per heavy atom. The summed E-state index contributed by atoms with van der Waals surface area (Å²) in [6.07, 6.45) is 3.65. The zero-order chi connectivity index (χ0) is 17.9. The third-order valence-electron chi connectivity index (χ3n) is 4.38. The van der Waals surface area contributed by atoms with Crippen molar-refractivity contribution in [3.05, 3.63) is 82.5 Å². The van der Waals surface area contributed by atoms with Crippen LogP contribution in [-0.2, 0) is 16.0 Å². The molecule has 1 unspecified atom stereocenters. The Hall–Kier alpha value is -1.91. The lowest BCUT2D eigenvalue weighted by Crippen LogP contribution is -2.26. The number of fused-ring (bicyclic) bond motifs is 1. The smallest absolute Gasteiger partial charge is 0.177 e. The lowest BCUT2D eigenvalue weighted by Gasteiger charge is -2.29. The van der Waals surface area contributed by atoms with E-state index in [0.717, 1.165) is 27.6 Å². The van der Waals surface area contributed by atoms with Gasteiger partial charge in [0.15, 0.2) is 5.78 Å². The van der Waals surface area contributed by atoms with E-state index in [2.05, 4.69) is 19.1 Å². The van der Waals surface area contributed by atoms with E-state index < -0.39 is 0 Å². The number of Topliss-reactive ketones (excluding diaryl/α,β-unsaturated/α-hetero) is 1. The normalized spacial score (nSPS) is 18.9. The average Bonchev–Trinajstić information content (AvgIpc) is 2.69. The van der Waals surface area contributed by atoms with Crippen LogP contribution in [0.15, 0.2) is 86.7 Å². The maximum Gasteiger partial charge on any atom is 0.177 e. The molecule has 0 saturated heterocycles. The number of thioether (sulfide) groups is 2. The molecule has 2 aliphatic rings. The van der Waals surface area contributed by atoms with E-state index in [1.807, 2.05) is 48.5 Å². The van der Waals surface area contributed by atoms with Gasteiger partial charge in [-0.3, -0.25) is 4.79 Å². The number of allylic oxidation sites excluding steroid dienone is 1. The second-order valence-corrected chi connectivity index (χ2v) is 8.56. The first-order chi connectivity index (χ1) is 12.8. The second-order valence-electron chi connectivity index (χ2n) is 6.29. The van der Waals surface area contributed by atoms with Gasteiger partial charge in [0.1, 0.15) is 5.76 Å². The maximum absolute atomic E-state index is 13.2. The van der Waals surface area contributed by atoms with Gasteiger partial charge in [-0.15, -0.1) is 11.8 Å². The molecule has 0 radical (unpaired) electrons. The highest BCUT2D eigenvalue weighted by Gasteiger charge is 2.35. The molecule has 0 saturated carbocycles. The molecule has 2 aromatic carbocycles. The minimum Gasteiger partial charge on any atom is -0.493 e. The van der Waals surface area contributed by atoms with E-state index in [4.69, 9.17) is 4.74 Å². The average molecular weight is 381 g/mol. The monoisotopic (exact) mass is 380 g/mol. The van der Waals surface area contributed by atoms with Crippen molar-refractivity contribution in [3.63, 3.8) is 0 Å². The predicted octanol–water partition coefficient (Wildman–Crippen LogP) is 5.64. The fourth-order valence-corrected chi connectivity index (χ4v) is 5.32. The van der Waals surface area contributed by atoms with Crippen molar-refractivity contribution in [3.8, 4) is 0 Å². The van der Waals surface area contributed by atoms with Crippen molar-refractivity contribution in [2.24, 2.45) is 0 Å². The topological polar surface area (TPSA) is 26.3 Å². The van der Waals surface area contributed by atoms with E-state index in [9.17, 15) is 4.79 Å². The van der Waals surface area contributed by atoms with Gasteiger partial charge in [0.05, 0.1) is 16.8 Å². The van der Waals surface area contributed by atoms with Crippen LogP contribution in [0, 0.1) is 0 Å². The van der Waals surface area contributed by atoms with E-state index >= 15 is 0 Å². The Labute approximate surface area is 162 Å². The fourth-order valence-electron chi connectivity index (χ4n) is 3.11. The van der Waals surface area contributed by atoms with Crippen molar-refractivity contribution >= 4 is 29.3 Å². The highest BCUT2D eigenvalue weighted by molar-refractivity contribution is 8.03. The number of benzene rings is 2. The second kappa shape index (κ2) is 7.77. The van der Waals surface area contributed by atoms with Crippen LogP contribution in [0.1, 0.15) is 18.9 Å². The van der Waals surface area contributed by atoms with Crippen molar-refractivity contribution in [1.29, 1.82) is 0 Å². The molecule has 26 heavy (non-hydrogen) atoms. The number of rotatable bonds is 5. The van der Waals surface area contributed by atoms with Gasteiger partial charge in [0.2, 0.25) is 0 Å². The highest BCUT2D eigenvalue weighted by atomic mass is 32.2. The third-order valence-corrected chi connectivity index (χ3v) is 6.79. The molecule has 1 aliphatic heterocycles. The lowest BCUT2D eigenvalue weighted by atomic mass is 9.94. The van der Waals surface area contributed by atoms with Crippen molar-refractivity contribution in [2.75, 3.05) is 6.61 Å². The molecule has 1 heterocycles. The van der Waals surface area contributed by atoms with Gasteiger partial charge in [-0.25, -0.2) is 0 Å². The number of hydrogen-bond donors (Lipinski definition) is 0. The molecule has 0 N–H and O–H groups in total. The third kappa shape index (κ3) is 3.49. The zero-order valence-electron chi connectivity index (χ0n) is 14.6. The Kier molecular flexibility index (Phi) is 5.23. The first-order valence-electron chi connectivity index (χ1n) is 8.86. The summed E-state index contributed by atoms with van der Waals surface area (Å²) in [7, 11) is 0. The molecular formula is C22H20O2S2. The summed E-state index contributed by atoms with van der Waals surface area (Å²) in [6.45, 7) is 2.77. The summed E-state index contributed by atoms with van der Waals surface area (Å²) in [5.74, 6) is 1.08. The first-order valence-corrected chi connectivity index (χ1v) is 10.6. The summed E-state index contributed by atoms with van der Waals surface area (Å²) in [4.78, 5) is 16.5. The van der Waals surface area contributed by atoms with E-state index in [1.54, 1.807) is 23.5 Å². The van der Waals surface area contributed by atoms with Crippen LogP contribution in [0.25, 0.3) is 0 Å². The summed E-state index contributed by atoms with van der Waals surface area (Å²) >= 11 is 3.27. The number of carbonyl (C=O) groups excluding carboxylic acids is 1. The van der Waals surface area contributed by atoms with Gasteiger partial charge in [0, 0.05) is 21.8 Å². The van der Waals surface area contributed by atoms with Crippen LogP contribution in [-0.4, -0.2) is 17.6 Å². The number of carbonyl (C=O) groups is 1. The molecule has 0 fully saturated rings. The molecule has 2 aromatic rings. The van der Waals surface area contributed by atoms with Crippen molar-refractivity contribution < 1.29 is 9.53 Å².